The Balaban J connectivity index is 4.23. The first kappa shape index (κ1) is 13.5. The third-order valence-electron chi connectivity index (χ3n) is 1.92. The standard InChI is InChI=1S/C9H20N4O2/c1-4-5-11-9(14)12-7(6(2)3)8(10)13-15/h6-7,15H,4-5H2,1-3H3,(H2,10,13)(H2,11,12,14). The molecule has 0 heterocycles. The Morgan fingerprint density at radius 3 is 2.53 bits per heavy atom. The highest BCUT2D eigenvalue weighted by Crippen LogP contribution is 2.01. The van der Waals surface area contributed by atoms with Crippen LogP contribution in [0, 0.1) is 5.92 Å². The summed E-state index contributed by atoms with van der Waals surface area (Å²) in [7, 11) is 0. The molecule has 0 fully saturated rings. The molecule has 0 saturated carbocycles. The number of nitrogens with one attached hydrogen (secondary N) is 2. The molecule has 0 aromatic carbocycles. The van der Waals surface area contributed by atoms with Gasteiger partial charge in [-0.15, -0.1) is 0 Å². The Kier molecular flexibility index (Phi) is 6.24. The van der Waals surface area contributed by atoms with Gasteiger partial charge in [0.1, 0.15) is 0 Å². The van der Waals surface area contributed by atoms with Crippen LogP contribution in [0.25, 0.3) is 0 Å². The summed E-state index contributed by atoms with van der Waals surface area (Å²) in [4.78, 5) is 11.3. The van der Waals surface area contributed by atoms with Gasteiger partial charge in [-0.1, -0.05) is 25.9 Å². The third-order valence-corrected chi connectivity index (χ3v) is 1.92. The van der Waals surface area contributed by atoms with Crippen LogP contribution in [-0.4, -0.2) is 29.7 Å². The lowest BCUT2D eigenvalue weighted by Crippen LogP contribution is -2.51. The van der Waals surface area contributed by atoms with Crippen LogP contribution in [0.3, 0.4) is 0 Å². The van der Waals surface area contributed by atoms with Crippen LogP contribution in [0.2, 0.25) is 0 Å². The zero-order chi connectivity index (χ0) is 11.8. The van der Waals surface area contributed by atoms with E-state index in [1.165, 1.54) is 0 Å². The van der Waals surface area contributed by atoms with Gasteiger partial charge in [-0.05, 0) is 12.3 Å². The maximum absolute atomic E-state index is 11.3. The molecule has 1 atom stereocenters. The van der Waals surface area contributed by atoms with Crippen LogP contribution in [0.15, 0.2) is 5.16 Å². The van der Waals surface area contributed by atoms with Crippen molar-refractivity contribution in [3.05, 3.63) is 0 Å². The number of rotatable bonds is 5. The van der Waals surface area contributed by atoms with Gasteiger partial charge in [-0.2, -0.15) is 0 Å². The van der Waals surface area contributed by atoms with Crippen LogP contribution in [0.1, 0.15) is 27.2 Å². The minimum atomic E-state index is -0.452. The summed E-state index contributed by atoms with van der Waals surface area (Å²) in [6.45, 7) is 6.32. The quantitative estimate of drug-likeness (QED) is 0.232. The molecule has 0 spiro atoms. The SMILES string of the molecule is CCCNC(=O)NC(C(N)=NO)C(C)C. The van der Waals surface area contributed by atoms with Crippen molar-refractivity contribution in [1.29, 1.82) is 0 Å². The molecule has 15 heavy (non-hydrogen) atoms. The molecule has 6 nitrogen and oxygen atoms in total. The molecular weight excluding hydrogens is 196 g/mol. The van der Waals surface area contributed by atoms with E-state index >= 15 is 0 Å². The molecule has 0 rings (SSSR count). The number of nitrogens with two attached hydrogens (primary N) is 1. The Labute approximate surface area is 89.9 Å². The summed E-state index contributed by atoms with van der Waals surface area (Å²) in [5.41, 5.74) is 5.45. The minimum Gasteiger partial charge on any atom is -0.409 e. The molecule has 0 radical (unpaired) electrons. The zero-order valence-corrected chi connectivity index (χ0v) is 9.45. The number of carbonyl (C=O) groups is 1. The molecule has 0 aromatic rings. The second-order valence-corrected chi connectivity index (χ2v) is 3.65. The van der Waals surface area contributed by atoms with Crippen LogP contribution in [0.5, 0.6) is 0 Å². The van der Waals surface area contributed by atoms with Crippen LogP contribution in [-0.2, 0) is 0 Å². The predicted octanol–water partition coefficient (Wildman–Crippen LogP) is 0.467. The first-order chi connectivity index (χ1) is 7.02. The molecule has 0 aliphatic rings. The van der Waals surface area contributed by atoms with E-state index in [1.807, 2.05) is 20.8 Å². The number of hydrogen-bond acceptors (Lipinski definition) is 3. The molecule has 0 aliphatic heterocycles. The van der Waals surface area contributed by atoms with Crippen molar-refractivity contribution in [2.24, 2.45) is 16.8 Å². The minimum absolute atomic E-state index is 0.0108. The van der Waals surface area contributed by atoms with Crippen molar-refractivity contribution in [2.45, 2.75) is 33.2 Å². The number of carbonyl (C=O) groups excluding carboxylic acids is 1. The topological polar surface area (TPSA) is 99.7 Å². The zero-order valence-electron chi connectivity index (χ0n) is 9.45. The van der Waals surface area contributed by atoms with Crippen molar-refractivity contribution < 1.29 is 10.0 Å². The number of amides is 2. The van der Waals surface area contributed by atoms with Crippen molar-refractivity contribution in [3.8, 4) is 0 Å². The van der Waals surface area contributed by atoms with Crippen molar-refractivity contribution in [2.75, 3.05) is 6.54 Å². The fourth-order valence-electron chi connectivity index (χ4n) is 1.08. The van der Waals surface area contributed by atoms with Gasteiger partial charge in [0.25, 0.3) is 0 Å². The lowest BCUT2D eigenvalue weighted by Gasteiger charge is -2.20. The summed E-state index contributed by atoms with van der Waals surface area (Å²) in [5, 5.41) is 16.7. The van der Waals surface area contributed by atoms with Gasteiger partial charge < -0.3 is 21.6 Å². The molecule has 88 valence electrons. The number of hydrogen-bond donors (Lipinski definition) is 4. The van der Waals surface area contributed by atoms with Crippen LogP contribution < -0.4 is 16.4 Å². The van der Waals surface area contributed by atoms with E-state index in [9.17, 15) is 4.79 Å². The van der Waals surface area contributed by atoms with E-state index in [1.54, 1.807) is 0 Å². The highest BCUT2D eigenvalue weighted by Gasteiger charge is 2.20. The van der Waals surface area contributed by atoms with Gasteiger partial charge in [0, 0.05) is 6.54 Å². The maximum atomic E-state index is 11.3. The van der Waals surface area contributed by atoms with E-state index in [0.717, 1.165) is 6.42 Å². The van der Waals surface area contributed by atoms with E-state index in [-0.39, 0.29) is 17.8 Å². The van der Waals surface area contributed by atoms with Crippen molar-refractivity contribution in [3.63, 3.8) is 0 Å². The molecule has 0 saturated heterocycles. The van der Waals surface area contributed by atoms with Crippen molar-refractivity contribution >= 4 is 11.9 Å². The Morgan fingerprint density at radius 2 is 2.13 bits per heavy atom. The lowest BCUT2D eigenvalue weighted by atomic mass is 10.0. The summed E-state index contributed by atoms with van der Waals surface area (Å²) in [6.07, 6.45) is 0.864. The van der Waals surface area contributed by atoms with E-state index in [4.69, 9.17) is 10.9 Å². The number of nitrogens with zero attached hydrogens (tertiary/aromatic N) is 1. The number of amidine groups is 1. The monoisotopic (exact) mass is 216 g/mol. The van der Waals surface area contributed by atoms with Crippen LogP contribution in [0.4, 0.5) is 4.79 Å². The fourth-order valence-corrected chi connectivity index (χ4v) is 1.08. The molecular formula is C9H20N4O2. The second kappa shape index (κ2) is 6.92. The molecule has 6 heteroatoms. The Morgan fingerprint density at radius 1 is 1.53 bits per heavy atom. The van der Waals surface area contributed by atoms with Gasteiger partial charge in [-0.25, -0.2) is 4.79 Å². The summed E-state index contributed by atoms with van der Waals surface area (Å²) < 4.78 is 0. The first-order valence-corrected chi connectivity index (χ1v) is 5.04. The smallest absolute Gasteiger partial charge is 0.315 e. The van der Waals surface area contributed by atoms with E-state index < -0.39 is 6.04 Å². The van der Waals surface area contributed by atoms with Crippen LogP contribution >= 0.6 is 0 Å². The maximum Gasteiger partial charge on any atom is 0.315 e. The molecule has 5 N–H and O–H groups in total. The fraction of sp³-hybridized carbons (Fsp3) is 0.778. The molecule has 0 bridgehead atoms. The van der Waals surface area contributed by atoms with E-state index in [2.05, 4.69) is 15.8 Å². The Hall–Kier alpha value is -1.46. The largest absolute Gasteiger partial charge is 0.409 e. The van der Waals surface area contributed by atoms with E-state index in [0.29, 0.717) is 6.54 Å². The molecule has 0 aromatic heterocycles. The van der Waals surface area contributed by atoms with Gasteiger partial charge in [0.05, 0.1) is 6.04 Å². The highest BCUT2D eigenvalue weighted by molar-refractivity contribution is 5.89. The predicted molar refractivity (Wildman–Crippen MR) is 58.9 cm³/mol. The molecule has 2 amide bonds. The average Bonchev–Trinajstić information content (AvgIpc) is 2.21. The Bertz CT molecular complexity index is 228. The average molecular weight is 216 g/mol. The third kappa shape index (κ3) is 5.09. The first-order valence-electron chi connectivity index (χ1n) is 5.04. The highest BCUT2D eigenvalue weighted by atomic mass is 16.4. The number of oxime groups is 1. The van der Waals surface area contributed by atoms with Gasteiger partial charge >= 0.3 is 6.03 Å². The normalized spacial score (nSPS) is 13.7. The lowest BCUT2D eigenvalue weighted by molar-refractivity contribution is 0.236. The van der Waals surface area contributed by atoms with Gasteiger partial charge in [0.2, 0.25) is 0 Å². The second-order valence-electron chi connectivity index (χ2n) is 3.65. The summed E-state index contributed by atoms with van der Waals surface area (Å²) in [6, 6.07) is -0.756. The molecule has 0 aliphatic carbocycles. The summed E-state index contributed by atoms with van der Waals surface area (Å²) in [5.74, 6) is 0.0740. The number of urea groups is 1. The van der Waals surface area contributed by atoms with Gasteiger partial charge in [-0.3, -0.25) is 0 Å². The van der Waals surface area contributed by atoms with Crippen molar-refractivity contribution in [1.82, 2.24) is 10.6 Å². The van der Waals surface area contributed by atoms with Gasteiger partial charge in [0.15, 0.2) is 5.84 Å². The summed E-state index contributed by atoms with van der Waals surface area (Å²) >= 11 is 0. The molecule has 1 unspecified atom stereocenters.